The molecular formula is C48H28B2F8N2O2. The van der Waals surface area contributed by atoms with Crippen LogP contribution >= 0.6 is 0 Å². The van der Waals surface area contributed by atoms with E-state index in [4.69, 9.17) is 9.31 Å². The summed E-state index contributed by atoms with van der Waals surface area (Å²) in [5, 5.41) is 0.100. The van der Waals surface area contributed by atoms with Crippen molar-refractivity contribution in [2.75, 3.05) is 0 Å². The lowest BCUT2D eigenvalue weighted by Gasteiger charge is -2.24. The number of fused-ring (bicyclic) bond motifs is 1. The van der Waals surface area contributed by atoms with E-state index in [0.29, 0.717) is 11.4 Å². The minimum atomic E-state index is -2.11. The first-order valence-electron chi connectivity index (χ1n) is 19.0. The zero-order valence-corrected chi connectivity index (χ0v) is 32.1. The highest BCUT2D eigenvalue weighted by atomic mass is 19.2. The zero-order chi connectivity index (χ0) is 43.3. The second-order valence-corrected chi connectivity index (χ2v) is 13.8. The van der Waals surface area contributed by atoms with Crippen molar-refractivity contribution in [3.63, 3.8) is 0 Å². The lowest BCUT2D eigenvalue weighted by molar-refractivity contribution is 0.552. The highest BCUT2D eigenvalue weighted by Gasteiger charge is 2.38. The minimum absolute atomic E-state index is 0.0501. The van der Waals surface area contributed by atoms with Crippen molar-refractivity contribution >= 4 is 70.3 Å². The van der Waals surface area contributed by atoms with E-state index in [2.05, 4.69) is 9.98 Å². The maximum absolute atomic E-state index is 15.7. The lowest BCUT2D eigenvalue weighted by atomic mass is 9.54. The van der Waals surface area contributed by atoms with Crippen molar-refractivity contribution in [1.29, 1.82) is 0 Å². The molecule has 304 valence electrons. The number of aliphatic imine (C=N–C) groups is 2. The van der Waals surface area contributed by atoms with E-state index in [0.717, 1.165) is 72.8 Å². The van der Waals surface area contributed by atoms with Gasteiger partial charge < -0.3 is 9.31 Å². The van der Waals surface area contributed by atoms with E-state index in [9.17, 15) is 0 Å². The molecule has 8 rings (SSSR count). The minimum Gasteiger partial charge on any atom is -0.550 e. The van der Waals surface area contributed by atoms with Gasteiger partial charge in [0.2, 0.25) is 0 Å². The van der Waals surface area contributed by atoms with Crippen molar-refractivity contribution in [2.24, 2.45) is 9.98 Å². The Balaban J connectivity index is 1.42. The van der Waals surface area contributed by atoms with Crippen LogP contribution < -0.4 is 31.2 Å². The summed E-state index contributed by atoms with van der Waals surface area (Å²) < 4.78 is 139. The Hall–Kier alpha value is -7.47. The first-order chi connectivity index (χ1) is 30.1. The number of benzene rings is 8. The van der Waals surface area contributed by atoms with Gasteiger partial charge in [-0.05, 0) is 97.1 Å². The molecule has 0 heterocycles. The molecule has 0 saturated heterocycles. The molecule has 14 heteroatoms. The smallest absolute Gasteiger partial charge is 0.438 e. The molecule has 0 amide bonds. The number of para-hydroxylation sites is 2. The number of nitrogens with zero attached hydrogens (tertiary/aromatic N) is 2. The fraction of sp³-hybridized carbons (Fsp3) is 0. The van der Waals surface area contributed by atoms with Gasteiger partial charge in [0.25, 0.3) is 0 Å². The molecule has 0 aliphatic heterocycles. The summed E-state index contributed by atoms with van der Waals surface area (Å²) in [5.41, 5.74) is -2.08. The molecule has 0 N–H and O–H groups in total. The van der Waals surface area contributed by atoms with Gasteiger partial charge in [-0.2, -0.15) is 0 Å². The summed E-state index contributed by atoms with van der Waals surface area (Å²) in [7, 11) is 0. The van der Waals surface area contributed by atoms with Gasteiger partial charge in [0.1, 0.15) is 58.0 Å². The molecule has 0 radical (unpaired) electrons. The Morgan fingerprint density at radius 3 is 0.871 bits per heavy atom. The predicted octanol–water partition coefficient (Wildman–Crippen LogP) is 9.82. The first-order valence-corrected chi connectivity index (χ1v) is 19.0. The Kier molecular flexibility index (Phi) is 12.0. The van der Waals surface area contributed by atoms with E-state index in [1.54, 1.807) is 60.7 Å². The Bertz CT molecular complexity index is 2610. The third-order valence-electron chi connectivity index (χ3n) is 9.90. The van der Waals surface area contributed by atoms with Crippen LogP contribution in [0, 0.1) is 46.5 Å². The maximum atomic E-state index is 15.7. The van der Waals surface area contributed by atoms with Crippen molar-refractivity contribution in [3.8, 4) is 11.5 Å². The third kappa shape index (κ3) is 8.44. The van der Waals surface area contributed by atoms with E-state index in [1.807, 2.05) is 0 Å². The van der Waals surface area contributed by atoms with Gasteiger partial charge >= 0.3 is 13.8 Å². The lowest BCUT2D eigenvalue weighted by Crippen LogP contribution is -2.53. The summed E-state index contributed by atoms with van der Waals surface area (Å²) >= 11 is 0. The van der Waals surface area contributed by atoms with Crippen LogP contribution in [0.15, 0.2) is 168 Å². The average Bonchev–Trinajstić information content (AvgIpc) is 3.26. The highest BCUT2D eigenvalue weighted by Crippen LogP contribution is 2.38. The van der Waals surface area contributed by atoms with Crippen molar-refractivity contribution in [1.82, 2.24) is 0 Å². The molecule has 8 aromatic rings. The molecule has 0 spiro atoms. The number of halogens is 8. The molecule has 0 aliphatic carbocycles. The number of hydrogen-bond donors (Lipinski definition) is 0. The van der Waals surface area contributed by atoms with Gasteiger partial charge in [0.15, 0.2) is 0 Å². The number of hydrogen-bond acceptors (Lipinski definition) is 4. The Morgan fingerprint density at radius 1 is 0.323 bits per heavy atom. The second-order valence-electron chi connectivity index (χ2n) is 13.8. The summed E-state index contributed by atoms with van der Waals surface area (Å²) in [6.07, 6.45) is 2.71. The maximum Gasteiger partial charge on any atom is 0.438 e. The van der Waals surface area contributed by atoms with Crippen LogP contribution in [-0.4, -0.2) is 26.3 Å². The van der Waals surface area contributed by atoms with E-state index in [1.165, 1.54) is 36.7 Å². The fourth-order valence-corrected chi connectivity index (χ4v) is 6.97. The Labute approximate surface area is 350 Å². The molecule has 62 heavy (non-hydrogen) atoms. The standard InChI is InChI=1S/C48H28B2F8N2O2/c51-35-15-7-16-36(52)43(35)49(44-37(53)17-8-18-38(44)54)61-47-29(27-59-31-11-3-1-4-12-31)23-25-34-33(47)26-24-30(28-60-32-13-5-2-6-14-32)48(34)62-50(45-39(55)19-9-20-40(45)56)46-41(57)21-10-22-42(46)58/h1-28H. The van der Waals surface area contributed by atoms with Crippen LogP contribution in [0.4, 0.5) is 46.5 Å². The van der Waals surface area contributed by atoms with Crippen LogP contribution in [0.2, 0.25) is 0 Å². The molecule has 0 aromatic heterocycles. The molecule has 4 nitrogen and oxygen atoms in total. The topological polar surface area (TPSA) is 43.2 Å². The van der Waals surface area contributed by atoms with Crippen molar-refractivity contribution in [3.05, 3.63) is 215 Å². The average molecular weight is 838 g/mol. The van der Waals surface area contributed by atoms with Crippen LogP contribution in [0.3, 0.4) is 0 Å². The summed E-state index contributed by atoms with van der Waals surface area (Å²) in [6.45, 7) is -4.22. The van der Waals surface area contributed by atoms with Gasteiger partial charge in [-0.3, -0.25) is 9.98 Å². The summed E-state index contributed by atoms with van der Waals surface area (Å²) in [6, 6.07) is 34.7. The third-order valence-corrected chi connectivity index (χ3v) is 9.90. The fourth-order valence-electron chi connectivity index (χ4n) is 6.97. The molecule has 0 atom stereocenters. The predicted molar refractivity (Wildman–Crippen MR) is 228 cm³/mol. The van der Waals surface area contributed by atoms with Gasteiger partial charge in [0.05, 0.1) is 11.4 Å². The molecule has 8 aromatic carbocycles. The highest BCUT2D eigenvalue weighted by molar-refractivity contribution is 6.81. The molecule has 0 bridgehead atoms. The largest absolute Gasteiger partial charge is 0.550 e. The normalized spacial score (nSPS) is 11.4. The summed E-state index contributed by atoms with van der Waals surface area (Å²) in [5.74, 6) is -9.90. The van der Waals surface area contributed by atoms with E-state index < -0.39 is 82.2 Å². The van der Waals surface area contributed by atoms with E-state index >= 15 is 35.1 Å². The van der Waals surface area contributed by atoms with E-state index in [-0.39, 0.29) is 33.4 Å². The zero-order valence-electron chi connectivity index (χ0n) is 32.1. The number of rotatable bonds is 12. The van der Waals surface area contributed by atoms with Crippen molar-refractivity contribution in [2.45, 2.75) is 0 Å². The van der Waals surface area contributed by atoms with Crippen molar-refractivity contribution < 1.29 is 44.4 Å². The van der Waals surface area contributed by atoms with Gasteiger partial charge in [-0.15, -0.1) is 0 Å². The van der Waals surface area contributed by atoms with Crippen LogP contribution in [-0.2, 0) is 0 Å². The second kappa shape index (κ2) is 18.0. The van der Waals surface area contributed by atoms with Gasteiger partial charge in [0, 0.05) is 56.2 Å². The van der Waals surface area contributed by atoms with Gasteiger partial charge in [-0.25, -0.2) is 35.1 Å². The van der Waals surface area contributed by atoms with Crippen LogP contribution in [0.1, 0.15) is 11.1 Å². The van der Waals surface area contributed by atoms with Crippen LogP contribution in [0.25, 0.3) is 10.8 Å². The SMILES string of the molecule is Fc1cccc(F)c1B(Oc1c(C=Nc2ccccc2)ccc2c(OB(c3c(F)cccc3F)c3c(F)cccc3F)c(C=Nc3ccccc3)ccc12)c1c(F)cccc1F. The molecule has 0 saturated carbocycles. The van der Waals surface area contributed by atoms with Crippen LogP contribution in [0.5, 0.6) is 11.5 Å². The Morgan fingerprint density at radius 2 is 0.597 bits per heavy atom. The molecule has 0 unspecified atom stereocenters. The molecule has 0 fully saturated rings. The summed E-state index contributed by atoms with van der Waals surface area (Å²) in [4.78, 5) is 9.03. The molecular weight excluding hydrogens is 810 g/mol. The monoisotopic (exact) mass is 838 g/mol. The first kappa shape index (κ1) is 41.3. The molecule has 0 aliphatic rings. The van der Waals surface area contributed by atoms with Gasteiger partial charge in [-0.1, -0.05) is 60.7 Å². The quantitative estimate of drug-likeness (QED) is 0.0699.